The van der Waals surface area contributed by atoms with Crippen LogP contribution < -0.4 is 14.8 Å². The molecular weight excluding hydrogens is 387 g/mol. The molecule has 1 saturated heterocycles. The van der Waals surface area contributed by atoms with Crippen LogP contribution in [-0.4, -0.2) is 43.0 Å². The Morgan fingerprint density at radius 2 is 1.97 bits per heavy atom. The second-order valence-corrected chi connectivity index (χ2v) is 8.19. The molecule has 30 heavy (non-hydrogen) atoms. The quantitative estimate of drug-likeness (QED) is 0.841. The fraction of sp³-hybridized carbons (Fsp3) is 0.391. The summed E-state index contributed by atoms with van der Waals surface area (Å²) in [7, 11) is 0. The molecule has 1 N–H and O–H groups in total. The van der Waals surface area contributed by atoms with Crippen molar-refractivity contribution in [1.29, 1.82) is 0 Å². The zero-order valence-corrected chi connectivity index (χ0v) is 16.6. The van der Waals surface area contributed by atoms with Gasteiger partial charge in [0, 0.05) is 25.1 Å². The van der Waals surface area contributed by atoms with Gasteiger partial charge in [-0.3, -0.25) is 9.59 Å². The van der Waals surface area contributed by atoms with E-state index in [1.807, 2.05) is 6.07 Å². The van der Waals surface area contributed by atoms with Crippen LogP contribution in [0.1, 0.15) is 34.3 Å². The van der Waals surface area contributed by atoms with Crippen molar-refractivity contribution >= 4 is 17.5 Å². The summed E-state index contributed by atoms with van der Waals surface area (Å²) in [5, 5.41) is 2.60. The molecule has 0 saturated carbocycles. The van der Waals surface area contributed by atoms with Gasteiger partial charge in [0.1, 0.15) is 17.3 Å². The molecule has 5 rings (SSSR count). The first-order chi connectivity index (χ1) is 14.6. The van der Waals surface area contributed by atoms with Gasteiger partial charge < -0.3 is 19.7 Å². The number of aryl methyl sites for hydroxylation is 2. The fourth-order valence-electron chi connectivity index (χ4n) is 4.29. The number of anilines is 1. The second-order valence-electron chi connectivity index (χ2n) is 8.19. The van der Waals surface area contributed by atoms with E-state index in [0.717, 1.165) is 24.7 Å². The maximum absolute atomic E-state index is 14.4. The molecule has 1 fully saturated rings. The SMILES string of the molecule is O=C1COc2cc(F)c(C(=O)N3CC(COc4ccc5c(c4)CCCC5)C3)cc2N1. The third kappa shape index (κ3) is 3.60. The van der Waals surface area contributed by atoms with Gasteiger partial charge in [-0.15, -0.1) is 0 Å². The molecule has 1 aliphatic carbocycles. The highest BCUT2D eigenvalue weighted by molar-refractivity contribution is 6.00. The summed E-state index contributed by atoms with van der Waals surface area (Å²) in [6.45, 7) is 1.41. The van der Waals surface area contributed by atoms with E-state index in [4.69, 9.17) is 9.47 Å². The molecule has 6 nitrogen and oxygen atoms in total. The second kappa shape index (κ2) is 7.63. The molecule has 2 heterocycles. The van der Waals surface area contributed by atoms with Gasteiger partial charge in [0.25, 0.3) is 11.8 Å². The summed E-state index contributed by atoms with van der Waals surface area (Å²) >= 11 is 0. The minimum atomic E-state index is -0.649. The molecular formula is C23H23FN2O4. The molecule has 0 unspecified atom stereocenters. The molecule has 156 valence electrons. The average molecular weight is 410 g/mol. The number of carbonyl (C=O) groups is 2. The van der Waals surface area contributed by atoms with Crippen LogP contribution in [-0.2, 0) is 17.6 Å². The van der Waals surface area contributed by atoms with Gasteiger partial charge in [-0.05, 0) is 55.0 Å². The molecule has 2 aromatic rings. The first-order valence-corrected chi connectivity index (χ1v) is 10.4. The van der Waals surface area contributed by atoms with Crippen molar-refractivity contribution in [2.24, 2.45) is 5.92 Å². The Hall–Kier alpha value is -3.09. The van der Waals surface area contributed by atoms with Crippen LogP contribution in [0.5, 0.6) is 11.5 Å². The third-order valence-corrected chi connectivity index (χ3v) is 5.98. The molecule has 0 radical (unpaired) electrons. The first kappa shape index (κ1) is 18.9. The van der Waals surface area contributed by atoms with Crippen molar-refractivity contribution in [3.05, 3.63) is 52.8 Å². The number of nitrogens with zero attached hydrogens (tertiary/aromatic N) is 1. The molecule has 0 spiro atoms. The van der Waals surface area contributed by atoms with Crippen molar-refractivity contribution in [2.75, 3.05) is 31.6 Å². The largest absolute Gasteiger partial charge is 0.493 e. The summed E-state index contributed by atoms with van der Waals surface area (Å²) in [6.07, 6.45) is 4.73. The lowest BCUT2D eigenvalue weighted by atomic mass is 9.92. The molecule has 0 bridgehead atoms. The van der Waals surface area contributed by atoms with E-state index in [0.29, 0.717) is 25.4 Å². The number of hydrogen-bond acceptors (Lipinski definition) is 4. The van der Waals surface area contributed by atoms with Crippen molar-refractivity contribution < 1.29 is 23.5 Å². The summed E-state index contributed by atoms with van der Waals surface area (Å²) in [5.74, 6) is -0.0335. The minimum absolute atomic E-state index is 0.0615. The number of amides is 2. The van der Waals surface area contributed by atoms with Crippen molar-refractivity contribution in [3.8, 4) is 11.5 Å². The Kier molecular flexibility index (Phi) is 4.81. The number of fused-ring (bicyclic) bond motifs is 2. The van der Waals surface area contributed by atoms with Crippen LogP contribution in [0.2, 0.25) is 0 Å². The average Bonchev–Trinajstić information content (AvgIpc) is 2.72. The number of carbonyl (C=O) groups excluding carboxylic acids is 2. The lowest BCUT2D eigenvalue weighted by molar-refractivity contribution is -0.118. The monoisotopic (exact) mass is 410 g/mol. The predicted octanol–water partition coefficient (Wildman–Crippen LogP) is 3.19. The normalized spacial score (nSPS) is 17.9. The Bertz CT molecular complexity index is 1020. The first-order valence-electron chi connectivity index (χ1n) is 10.4. The van der Waals surface area contributed by atoms with Gasteiger partial charge in [-0.25, -0.2) is 4.39 Å². The summed E-state index contributed by atoms with van der Waals surface area (Å²) in [4.78, 5) is 25.7. The van der Waals surface area contributed by atoms with Gasteiger partial charge >= 0.3 is 0 Å². The number of likely N-dealkylation sites (tertiary alicyclic amines) is 1. The van der Waals surface area contributed by atoms with Gasteiger partial charge in [0.2, 0.25) is 0 Å². The highest BCUT2D eigenvalue weighted by Crippen LogP contribution is 2.32. The topological polar surface area (TPSA) is 67.9 Å². The molecule has 3 aliphatic rings. The van der Waals surface area contributed by atoms with Crippen molar-refractivity contribution in [2.45, 2.75) is 25.7 Å². The van der Waals surface area contributed by atoms with E-state index in [1.165, 1.54) is 30.0 Å². The lowest BCUT2D eigenvalue weighted by Gasteiger charge is -2.39. The van der Waals surface area contributed by atoms with Gasteiger partial charge in [0.15, 0.2) is 6.61 Å². The van der Waals surface area contributed by atoms with E-state index in [1.54, 1.807) is 4.90 Å². The molecule has 7 heteroatoms. The maximum atomic E-state index is 14.4. The Morgan fingerprint density at radius 1 is 1.17 bits per heavy atom. The van der Waals surface area contributed by atoms with E-state index in [9.17, 15) is 14.0 Å². The number of benzene rings is 2. The summed E-state index contributed by atoms with van der Waals surface area (Å²) in [6, 6.07) is 8.81. The molecule has 0 atom stereocenters. The smallest absolute Gasteiger partial charge is 0.262 e. The predicted molar refractivity (Wildman–Crippen MR) is 108 cm³/mol. The minimum Gasteiger partial charge on any atom is -0.493 e. The van der Waals surface area contributed by atoms with Crippen molar-refractivity contribution in [1.82, 2.24) is 4.90 Å². The molecule has 2 amide bonds. The lowest BCUT2D eigenvalue weighted by Crippen LogP contribution is -2.52. The highest BCUT2D eigenvalue weighted by Gasteiger charge is 2.34. The zero-order valence-electron chi connectivity index (χ0n) is 16.6. The summed E-state index contributed by atoms with van der Waals surface area (Å²) < 4.78 is 25.5. The standard InChI is InChI=1S/C23H23FN2O4/c24-19-9-21-20(25-22(27)13-30-21)8-18(19)23(28)26-10-14(11-26)12-29-17-6-5-15-3-1-2-4-16(15)7-17/h5-9,14H,1-4,10-13H2,(H,25,27). The van der Waals surface area contributed by atoms with Crippen LogP contribution in [0.15, 0.2) is 30.3 Å². The van der Waals surface area contributed by atoms with E-state index >= 15 is 0 Å². The molecule has 0 aromatic heterocycles. The Balaban J connectivity index is 1.18. The number of rotatable bonds is 4. The van der Waals surface area contributed by atoms with Crippen LogP contribution >= 0.6 is 0 Å². The third-order valence-electron chi connectivity index (χ3n) is 5.98. The maximum Gasteiger partial charge on any atom is 0.262 e. The van der Waals surface area contributed by atoms with E-state index in [-0.39, 0.29) is 35.7 Å². The number of hydrogen-bond donors (Lipinski definition) is 1. The molecule has 2 aliphatic heterocycles. The van der Waals surface area contributed by atoms with Crippen LogP contribution in [0, 0.1) is 11.7 Å². The van der Waals surface area contributed by atoms with E-state index in [2.05, 4.69) is 17.4 Å². The van der Waals surface area contributed by atoms with Gasteiger partial charge in [0.05, 0.1) is 17.9 Å². The van der Waals surface area contributed by atoms with Crippen molar-refractivity contribution in [3.63, 3.8) is 0 Å². The van der Waals surface area contributed by atoms with Crippen LogP contribution in [0.3, 0.4) is 0 Å². The Labute approximate surface area is 174 Å². The Morgan fingerprint density at radius 3 is 2.80 bits per heavy atom. The number of ether oxygens (including phenoxy) is 2. The van der Waals surface area contributed by atoms with Gasteiger partial charge in [-0.2, -0.15) is 0 Å². The number of halogens is 1. The summed E-state index contributed by atoms with van der Waals surface area (Å²) in [5.41, 5.74) is 3.06. The van der Waals surface area contributed by atoms with Crippen LogP contribution in [0.4, 0.5) is 10.1 Å². The van der Waals surface area contributed by atoms with Gasteiger partial charge in [-0.1, -0.05) is 6.07 Å². The fourth-order valence-corrected chi connectivity index (χ4v) is 4.29. The molecule has 2 aromatic carbocycles. The van der Waals surface area contributed by atoms with E-state index < -0.39 is 5.82 Å². The highest BCUT2D eigenvalue weighted by atomic mass is 19.1. The zero-order chi connectivity index (χ0) is 20.7. The van der Waals surface area contributed by atoms with Crippen LogP contribution in [0.25, 0.3) is 0 Å². The number of nitrogens with one attached hydrogen (secondary N) is 1.